The number of halogens is 2. The van der Waals surface area contributed by atoms with Gasteiger partial charge in [-0.15, -0.1) is 0 Å². The molecule has 0 amide bonds. The second-order valence-corrected chi connectivity index (χ2v) is 3.94. The minimum Gasteiger partial charge on any atom is -0.481 e. The highest BCUT2D eigenvalue weighted by molar-refractivity contribution is 5.72. The van der Waals surface area contributed by atoms with Gasteiger partial charge in [-0.2, -0.15) is 0 Å². The van der Waals surface area contributed by atoms with Crippen molar-refractivity contribution in [1.82, 2.24) is 0 Å². The molecular formula is C8H10F2O2. The Hall–Kier alpha value is -0.670. The van der Waals surface area contributed by atoms with Crippen LogP contribution in [-0.2, 0) is 4.79 Å². The van der Waals surface area contributed by atoms with Gasteiger partial charge in [0.1, 0.15) is 0 Å². The Morgan fingerprint density at radius 3 is 2.17 bits per heavy atom. The maximum Gasteiger partial charge on any atom is 0.306 e. The van der Waals surface area contributed by atoms with Crippen LogP contribution in [0.25, 0.3) is 0 Å². The van der Waals surface area contributed by atoms with Crippen LogP contribution in [0.5, 0.6) is 0 Å². The van der Waals surface area contributed by atoms with Gasteiger partial charge in [0, 0.05) is 11.3 Å². The molecule has 4 heteroatoms. The van der Waals surface area contributed by atoms with Gasteiger partial charge in [0.15, 0.2) is 0 Å². The van der Waals surface area contributed by atoms with Gasteiger partial charge in [0.2, 0.25) is 0 Å². The summed E-state index contributed by atoms with van der Waals surface area (Å²) in [5.41, 5.74) is -0.934. The zero-order valence-electron chi connectivity index (χ0n) is 6.68. The van der Waals surface area contributed by atoms with Crippen LogP contribution in [0.1, 0.15) is 19.8 Å². The number of hydrogen-bond donors (Lipinski definition) is 1. The molecule has 1 N–H and O–H groups in total. The molecule has 1 spiro atoms. The lowest BCUT2D eigenvalue weighted by atomic mass is 9.70. The molecule has 2 nitrogen and oxygen atoms in total. The quantitative estimate of drug-likeness (QED) is 0.660. The first kappa shape index (κ1) is 7.95. The first-order valence-corrected chi connectivity index (χ1v) is 4.02. The van der Waals surface area contributed by atoms with E-state index in [-0.39, 0.29) is 12.8 Å². The number of carboxylic acids is 1. The molecule has 1 atom stereocenters. The van der Waals surface area contributed by atoms with E-state index >= 15 is 0 Å². The molecule has 2 rings (SSSR count). The molecule has 0 radical (unpaired) electrons. The van der Waals surface area contributed by atoms with Crippen molar-refractivity contribution in [3.05, 3.63) is 0 Å². The van der Waals surface area contributed by atoms with Crippen molar-refractivity contribution in [2.24, 2.45) is 17.3 Å². The molecule has 0 heterocycles. The summed E-state index contributed by atoms with van der Waals surface area (Å²) < 4.78 is 25.7. The number of alkyl halides is 2. The summed E-state index contributed by atoms with van der Waals surface area (Å²) >= 11 is 0. The van der Waals surface area contributed by atoms with Crippen molar-refractivity contribution in [2.45, 2.75) is 25.7 Å². The van der Waals surface area contributed by atoms with E-state index in [1.807, 2.05) is 0 Å². The summed E-state index contributed by atoms with van der Waals surface area (Å²) in [7, 11) is 0. The number of hydrogen-bond acceptors (Lipinski definition) is 1. The number of rotatable bonds is 1. The van der Waals surface area contributed by atoms with Crippen molar-refractivity contribution in [1.29, 1.82) is 0 Å². The molecule has 68 valence electrons. The van der Waals surface area contributed by atoms with E-state index in [0.717, 1.165) is 0 Å². The lowest BCUT2D eigenvalue weighted by molar-refractivity contribution is -0.149. The number of aliphatic carboxylic acids is 1. The monoisotopic (exact) mass is 176 g/mol. The molecule has 2 saturated carbocycles. The molecule has 0 aromatic rings. The molecule has 0 aromatic heterocycles. The summed E-state index contributed by atoms with van der Waals surface area (Å²) in [6.07, 6.45) is 0.326. The van der Waals surface area contributed by atoms with Gasteiger partial charge >= 0.3 is 5.97 Å². The Labute approximate surface area is 68.6 Å². The third kappa shape index (κ3) is 0.619. The van der Waals surface area contributed by atoms with Crippen LogP contribution in [0.4, 0.5) is 8.78 Å². The van der Waals surface area contributed by atoms with Crippen LogP contribution in [0, 0.1) is 17.3 Å². The van der Waals surface area contributed by atoms with Gasteiger partial charge in [-0.05, 0) is 12.8 Å². The highest BCUT2D eigenvalue weighted by atomic mass is 19.3. The van der Waals surface area contributed by atoms with Gasteiger partial charge < -0.3 is 5.11 Å². The average molecular weight is 176 g/mol. The van der Waals surface area contributed by atoms with Crippen LogP contribution < -0.4 is 0 Å². The van der Waals surface area contributed by atoms with Gasteiger partial charge in [-0.1, -0.05) is 6.92 Å². The Morgan fingerprint density at radius 2 is 1.92 bits per heavy atom. The average Bonchev–Trinajstić information content (AvgIpc) is 2.24. The molecule has 0 bridgehead atoms. The molecule has 1 unspecified atom stereocenters. The third-order valence-electron chi connectivity index (χ3n) is 3.52. The van der Waals surface area contributed by atoms with Crippen LogP contribution in [0.3, 0.4) is 0 Å². The molecule has 0 aliphatic heterocycles. The fourth-order valence-electron chi connectivity index (χ4n) is 2.33. The van der Waals surface area contributed by atoms with Gasteiger partial charge in [-0.3, -0.25) is 4.79 Å². The van der Waals surface area contributed by atoms with Crippen LogP contribution in [0.2, 0.25) is 0 Å². The standard InChI is InChI=1S/C8H10F2O2/c1-4-7(8(4,9)10)2-5(3-7)6(11)12/h4-5H,2-3H2,1H3,(H,11,12). The maximum absolute atomic E-state index is 12.9. The fraction of sp³-hybridized carbons (Fsp3) is 0.875. The topological polar surface area (TPSA) is 37.3 Å². The van der Waals surface area contributed by atoms with E-state index in [0.29, 0.717) is 0 Å². The summed E-state index contributed by atoms with van der Waals surface area (Å²) in [4.78, 5) is 10.4. The van der Waals surface area contributed by atoms with Crippen molar-refractivity contribution in [3.63, 3.8) is 0 Å². The molecule has 2 aliphatic carbocycles. The van der Waals surface area contributed by atoms with Gasteiger partial charge in [0.05, 0.1) is 5.92 Å². The maximum atomic E-state index is 12.9. The first-order chi connectivity index (χ1) is 5.42. The predicted octanol–water partition coefficient (Wildman–Crippen LogP) is 1.75. The highest BCUT2D eigenvalue weighted by Crippen LogP contribution is 2.76. The second-order valence-electron chi connectivity index (χ2n) is 3.94. The Morgan fingerprint density at radius 1 is 1.50 bits per heavy atom. The third-order valence-corrected chi connectivity index (χ3v) is 3.52. The van der Waals surface area contributed by atoms with Crippen LogP contribution in [-0.4, -0.2) is 17.0 Å². The number of carboxylic acid groups (broad SMARTS) is 1. The van der Waals surface area contributed by atoms with E-state index in [1.165, 1.54) is 6.92 Å². The largest absolute Gasteiger partial charge is 0.481 e. The minimum absolute atomic E-state index is 0.163. The van der Waals surface area contributed by atoms with Crippen LogP contribution in [0.15, 0.2) is 0 Å². The molecule has 2 fully saturated rings. The smallest absolute Gasteiger partial charge is 0.306 e. The summed E-state index contributed by atoms with van der Waals surface area (Å²) in [5.74, 6) is -4.67. The van der Waals surface area contributed by atoms with Crippen molar-refractivity contribution >= 4 is 5.97 Å². The summed E-state index contributed by atoms with van der Waals surface area (Å²) in [5, 5.41) is 8.50. The van der Waals surface area contributed by atoms with Crippen LogP contribution >= 0.6 is 0 Å². The van der Waals surface area contributed by atoms with Crippen molar-refractivity contribution < 1.29 is 18.7 Å². The molecular weight excluding hydrogens is 166 g/mol. The lowest BCUT2D eigenvalue weighted by Gasteiger charge is -2.33. The summed E-state index contributed by atoms with van der Waals surface area (Å²) in [6.45, 7) is 1.50. The lowest BCUT2D eigenvalue weighted by Crippen LogP contribution is -2.35. The van der Waals surface area contributed by atoms with Crippen molar-refractivity contribution in [3.8, 4) is 0 Å². The Balaban J connectivity index is 2.02. The highest BCUT2D eigenvalue weighted by Gasteiger charge is 2.82. The molecule has 2 aliphatic rings. The molecule has 0 aromatic carbocycles. The van der Waals surface area contributed by atoms with E-state index in [9.17, 15) is 13.6 Å². The molecule has 12 heavy (non-hydrogen) atoms. The second kappa shape index (κ2) is 1.80. The predicted molar refractivity (Wildman–Crippen MR) is 36.9 cm³/mol. The first-order valence-electron chi connectivity index (χ1n) is 4.02. The zero-order chi connectivity index (χ0) is 9.15. The fourth-order valence-corrected chi connectivity index (χ4v) is 2.33. The zero-order valence-corrected chi connectivity index (χ0v) is 6.68. The minimum atomic E-state index is -2.60. The van der Waals surface area contributed by atoms with E-state index in [1.54, 1.807) is 0 Å². The van der Waals surface area contributed by atoms with E-state index < -0.39 is 29.1 Å². The van der Waals surface area contributed by atoms with Gasteiger partial charge in [0.25, 0.3) is 5.92 Å². The molecule has 0 saturated heterocycles. The Bertz CT molecular complexity index is 243. The SMILES string of the molecule is CC1C(F)(F)C12CC(C(=O)O)C2. The van der Waals surface area contributed by atoms with E-state index in [2.05, 4.69) is 0 Å². The summed E-state index contributed by atoms with van der Waals surface area (Å²) in [6, 6.07) is 0. The van der Waals surface area contributed by atoms with Crippen molar-refractivity contribution in [2.75, 3.05) is 0 Å². The normalized spacial score (nSPS) is 48.6. The van der Waals surface area contributed by atoms with E-state index in [4.69, 9.17) is 5.11 Å². The van der Waals surface area contributed by atoms with Gasteiger partial charge in [-0.25, -0.2) is 8.78 Å². The Kier molecular flexibility index (Phi) is 1.20. The number of carbonyl (C=O) groups is 1.